The molecule has 0 rings (SSSR count). The average molecular weight is 247 g/mol. The zero-order valence-electron chi connectivity index (χ0n) is 7.06. The van der Waals surface area contributed by atoms with Crippen molar-refractivity contribution in [3.63, 3.8) is 0 Å². The van der Waals surface area contributed by atoms with Gasteiger partial charge in [-0.2, -0.15) is 0 Å². The van der Waals surface area contributed by atoms with E-state index in [1.54, 1.807) is 0 Å². The SMILES string of the molecule is O=C(O)C(O)C(O)C(O)C(O)CO.[V]. The Hall–Kier alpha value is -0.146. The molecule has 0 aromatic carbocycles. The third-order valence-electron chi connectivity index (χ3n) is 1.51. The van der Waals surface area contributed by atoms with Gasteiger partial charge in [-0.3, -0.25) is 0 Å². The fourth-order valence-electron chi connectivity index (χ4n) is 0.668. The van der Waals surface area contributed by atoms with Crippen LogP contribution in [0.2, 0.25) is 0 Å². The van der Waals surface area contributed by atoms with Crippen molar-refractivity contribution < 1.29 is 54.0 Å². The van der Waals surface area contributed by atoms with Crippen LogP contribution in [0.4, 0.5) is 0 Å². The summed E-state index contributed by atoms with van der Waals surface area (Å²) in [6.45, 7) is -0.843. The van der Waals surface area contributed by atoms with Crippen LogP contribution in [0.3, 0.4) is 0 Å². The maximum Gasteiger partial charge on any atom is 0.335 e. The molecule has 7 nitrogen and oxygen atoms in total. The first-order chi connectivity index (χ1) is 5.91. The normalized spacial score (nSPS) is 18.9. The van der Waals surface area contributed by atoms with Crippen LogP contribution >= 0.6 is 0 Å². The van der Waals surface area contributed by atoms with Gasteiger partial charge < -0.3 is 30.6 Å². The summed E-state index contributed by atoms with van der Waals surface area (Å²) in [5, 5.41) is 51.8. The molecular weight excluding hydrogens is 235 g/mol. The molecule has 14 heavy (non-hydrogen) atoms. The van der Waals surface area contributed by atoms with E-state index in [1.807, 2.05) is 0 Å². The fourth-order valence-corrected chi connectivity index (χ4v) is 0.668. The molecule has 6 N–H and O–H groups in total. The van der Waals surface area contributed by atoms with E-state index in [4.69, 9.17) is 30.6 Å². The Morgan fingerprint density at radius 2 is 1.50 bits per heavy atom. The van der Waals surface area contributed by atoms with Crippen LogP contribution in [0.5, 0.6) is 0 Å². The molecule has 0 bridgehead atoms. The number of aliphatic hydroxyl groups excluding tert-OH is 5. The molecule has 0 saturated carbocycles. The molecule has 0 aliphatic carbocycles. The van der Waals surface area contributed by atoms with Crippen molar-refractivity contribution in [2.24, 2.45) is 0 Å². The number of carboxylic acid groups (broad SMARTS) is 1. The molecule has 0 saturated heterocycles. The van der Waals surface area contributed by atoms with Crippen molar-refractivity contribution in [2.75, 3.05) is 6.61 Å². The number of carbonyl (C=O) groups is 1. The zero-order valence-corrected chi connectivity index (χ0v) is 8.45. The van der Waals surface area contributed by atoms with Gasteiger partial charge in [-0.15, -0.1) is 0 Å². The minimum Gasteiger partial charge on any atom is -0.479 e. The second-order valence-electron chi connectivity index (χ2n) is 2.51. The number of carboxylic acids is 1. The molecule has 0 heterocycles. The van der Waals surface area contributed by atoms with Crippen molar-refractivity contribution in [1.29, 1.82) is 0 Å². The van der Waals surface area contributed by atoms with E-state index in [0.29, 0.717) is 0 Å². The van der Waals surface area contributed by atoms with Gasteiger partial charge in [0.05, 0.1) is 6.61 Å². The summed E-state index contributed by atoms with van der Waals surface area (Å²) in [7, 11) is 0. The third kappa shape index (κ3) is 4.38. The van der Waals surface area contributed by atoms with Crippen LogP contribution in [-0.4, -0.2) is 67.6 Å². The first-order valence-corrected chi connectivity index (χ1v) is 3.47. The molecule has 83 valence electrons. The van der Waals surface area contributed by atoms with Gasteiger partial charge in [-0.05, 0) is 0 Å². The fraction of sp³-hybridized carbons (Fsp3) is 0.833. The second kappa shape index (κ2) is 7.19. The second-order valence-corrected chi connectivity index (χ2v) is 2.51. The van der Waals surface area contributed by atoms with Crippen LogP contribution in [0, 0.1) is 0 Å². The number of rotatable bonds is 5. The van der Waals surface area contributed by atoms with Gasteiger partial charge in [0.1, 0.15) is 18.3 Å². The largest absolute Gasteiger partial charge is 0.479 e. The number of hydrogen-bond acceptors (Lipinski definition) is 6. The molecule has 0 aliphatic heterocycles. The van der Waals surface area contributed by atoms with Crippen LogP contribution in [0.15, 0.2) is 0 Å². The predicted molar refractivity (Wildman–Crippen MR) is 38.7 cm³/mol. The quantitative estimate of drug-likeness (QED) is 0.296. The van der Waals surface area contributed by atoms with Crippen molar-refractivity contribution >= 4 is 5.97 Å². The van der Waals surface area contributed by atoms with E-state index in [-0.39, 0.29) is 18.6 Å². The van der Waals surface area contributed by atoms with Gasteiger partial charge in [0, 0.05) is 18.6 Å². The summed E-state index contributed by atoms with van der Waals surface area (Å²) in [4.78, 5) is 10.1. The molecular formula is C6H12O7V. The van der Waals surface area contributed by atoms with E-state index in [1.165, 1.54) is 0 Å². The minimum atomic E-state index is -2.20. The Morgan fingerprint density at radius 3 is 1.79 bits per heavy atom. The molecule has 8 heteroatoms. The Morgan fingerprint density at radius 1 is 1.07 bits per heavy atom. The Kier molecular flexibility index (Phi) is 8.36. The van der Waals surface area contributed by atoms with Gasteiger partial charge in [0.2, 0.25) is 0 Å². The summed E-state index contributed by atoms with van der Waals surface area (Å²) in [5.74, 6) is -1.73. The number of aliphatic hydroxyl groups is 5. The van der Waals surface area contributed by atoms with Crippen LogP contribution in [-0.2, 0) is 23.4 Å². The standard InChI is InChI=1S/C6H12O7.V/c7-1-2(8)3(9)4(10)5(11)6(12)13;/h2-5,7-11H,1H2,(H,12,13);. The number of aliphatic carboxylic acids is 1. The molecule has 4 unspecified atom stereocenters. The number of hydrogen-bond donors (Lipinski definition) is 6. The predicted octanol–water partition coefficient (Wildman–Crippen LogP) is -3.50. The van der Waals surface area contributed by atoms with Crippen molar-refractivity contribution in [1.82, 2.24) is 0 Å². The summed E-state index contributed by atoms with van der Waals surface area (Å²) >= 11 is 0. The molecule has 0 aromatic heterocycles. The average Bonchev–Trinajstić information content (AvgIpc) is 2.12. The first-order valence-electron chi connectivity index (χ1n) is 3.47. The topological polar surface area (TPSA) is 138 Å². The zero-order chi connectivity index (χ0) is 10.6. The molecule has 0 spiro atoms. The van der Waals surface area contributed by atoms with Crippen LogP contribution < -0.4 is 0 Å². The van der Waals surface area contributed by atoms with Gasteiger partial charge in [-0.1, -0.05) is 0 Å². The summed E-state index contributed by atoms with van der Waals surface area (Å²) < 4.78 is 0. The summed E-state index contributed by atoms with van der Waals surface area (Å²) in [6, 6.07) is 0. The van der Waals surface area contributed by atoms with E-state index in [9.17, 15) is 4.79 Å². The monoisotopic (exact) mass is 247 g/mol. The maximum atomic E-state index is 10.1. The molecule has 4 atom stereocenters. The smallest absolute Gasteiger partial charge is 0.335 e. The Bertz CT molecular complexity index is 176. The van der Waals surface area contributed by atoms with Gasteiger partial charge in [-0.25, -0.2) is 4.79 Å². The van der Waals surface area contributed by atoms with Crippen LogP contribution in [0.25, 0.3) is 0 Å². The summed E-state index contributed by atoms with van der Waals surface area (Å²) in [5.41, 5.74) is 0. The van der Waals surface area contributed by atoms with Crippen molar-refractivity contribution in [3.8, 4) is 0 Å². The van der Waals surface area contributed by atoms with E-state index < -0.39 is 37.0 Å². The molecule has 0 amide bonds. The van der Waals surface area contributed by atoms with Gasteiger partial charge in [0.25, 0.3) is 0 Å². The van der Waals surface area contributed by atoms with E-state index in [2.05, 4.69) is 0 Å². The van der Waals surface area contributed by atoms with Crippen LogP contribution in [0.1, 0.15) is 0 Å². The van der Waals surface area contributed by atoms with E-state index in [0.717, 1.165) is 0 Å². The summed E-state index contributed by atoms with van der Waals surface area (Å²) in [6.07, 6.45) is -7.84. The van der Waals surface area contributed by atoms with Crippen molar-refractivity contribution in [2.45, 2.75) is 24.4 Å². The van der Waals surface area contributed by atoms with Gasteiger partial charge in [0.15, 0.2) is 6.10 Å². The van der Waals surface area contributed by atoms with Crippen molar-refractivity contribution in [3.05, 3.63) is 0 Å². The minimum absolute atomic E-state index is 0. The van der Waals surface area contributed by atoms with Gasteiger partial charge >= 0.3 is 5.97 Å². The molecule has 0 fully saturated rings. The Balaban J connectivity index is 0. The first kappa shape index (κ1) is 16.3. The molecule has 0 aliphatic rings. The third-order valence-corrected chi connectivity index (χ3v) is 1.51. The molecule has 0 aromatic rings. The maximum absolute atomic E-state index is 10.1. The Labute approximate surface area is 91.5 Å². The van der Waals surface area contributed by atoms with E-state index >= 15 is 0 Å². The molecule has 1 radical (unpaired) electrons.